The predicted molar refractivity (Wildman–Crippen MR) is 156 cm³/mol. The van der Waals surface area contributed by atoms with Crippen LogP contribution in [-0.4, -0.2) is 59.9 Å². The van der Waals surface area contributed by atoms with Crippen molar-refractivity contribution in [2.24, 2.45) is 0 Å². The zero-order chi connectivity index (χ0) is 28.0. The number of hydrogen-bond donors (Lipinski definition) is 1. The number of nitrogens with one attached hydrogen (secondary N) is 1. The molecule has 0 aromatic heterocycles. The standard InChI is InChI=1S/C30H36N4O5.ClH/c1-22(33-18-15-24(16-19-33)23-8-5-4-6-9-23)20-30(29(36)39-3,26-11-13-27(14-12-26)34(37)38)32(2)28(35)25-10-7-17-31-21-25;/h4-9,11-14,17,21-22,24,31H,10,15-16,18-20H2,1-3H3;1H. The van der Waals surface area contributed by atoms with Gasteiger partial charge in [0.15, 0.2) is 5.54 Å². The molecule has 9 nitrogen and oxygen atoms in total. The first-order chi connectivity index (χ1) is 18.8. The zero-order valence-electron chi connectivity index (χ0n) is 23.1. The van der Waals surface area contributed by atoms with Crippen LogP contribution in [0.5, 0.6) is 0 Å². The molecule has 4 rings (SSSR count). The van der Waals surface area contributed by atoms with E-state index >= 15 is 0 Å². The summed E-state index contributed by atoms with van der Waals surface area (Å²) in [7, 11) is 2.91. The predicted octanol–water partition coefficient (Wildman–Crippen LogP) is 4.89. The molecule has 2 aromatic carbocycles. The number of likely N-dealkylation sites (N-methyl/N-ethyl adjacent to an activating group) is 1. The largest absolute Gasteiger partial charge is 0.467 e. The highest BCUT2D eigenvalue weighted by Crippen LogP contribution is 2.39. The Hall–Kier alpha value is -3.69. The second-order valence-electron chi connectivity index (χ2n) is 10.2. The minimum atomic E-state index is -1.49. The molecular formula is C30H37ClN4O5. The maximum Gasteiger partial charge on any atom is 0.336 e. The molecule has 2 unspecified atom stereocenters. The number of piperidine rings is 1. The molecule has 0 saturated carbocycles. The van der Waals surface area contributed by atoms with Gasteiger partial charge >= 0.3 is 5.97 Å². The molecule has 0 radical (unpaired) electrons. The van der Waals surface area contributed by atoms with E-state index < -0.39 is 16.4 Å². The Bertz CT molecular complexity index is 1240. The average Bonchev–Trinajstić information content (AvgIpc) is 2.99. The van der Waals surface area contributed by atoms with Crippen LogP contribution < -0.4 is 5.32 Å². The number of halogens is 1. The minimum Gasteiger partial charge on any atom is -0.467 e. The molecule has 2 atom stereocenters. The van der Waals surface area contributed by atoms with Gasteiger partial charge in [0.1, 0.15) is 0 Å². The van der Waals surface area contributed by atoms with E-state index in [1.165, 1.54) is 29.7 Å². The van der Waals surface area contributed by atoms with Crippen LogP contribution in [0.4, 0.5) is 5.69 Å². The van der Waals surface area contributed by atoms with Crippen LogP contribution in [0.25, 0.3) is 0 Å². The van der Waals surface area contributed by atoms with Crippen molar-refractivity contribution in [3.05, 3.63) is 99.9 Å². The topological polar surface area (TPSA) is 105 Å². The van der Waals surface area contributed by atoms with Crippen molar-refractivity contribution < 1.29 is 19.2 Å². The van der Waals surface area contributed by atoms with E-state index in [0.717, 1.165) is 25.9 Å². The van der Waals surface area contributed by atoms with E-state index in [2.05, 4.69) is 41.4 Å². The van der Waals surface area contributed by atoms with Crippen molar-refractivity contribution in [3.63, 3.8) is 0 Å². The third-order valence-electron chi connectivity index (χ3n) is 8.05. The molecular weight excluding hydrogens is 532 g/mol. The molecule has 2 heterocycles. The number of allylic oxidation sites excluding steroid dienone is 1. The molecule has 2 aliphatic heterocycles. The van der Waals surface area contributed by atoms with E-state index in [0.29, 0.717) is 23.5 Å². The van der Waals surface area contributed by atoms with Gasteiger partial charge in [0.25, 0.3) is 11.6 Å². The molecule has 214 valence electrons. The number of benzene rings is 2. The number of hydrogen-bond acceptors (Lipinski definition) is 7. The second kappa shape index (κ2) is 13.6. The van der Waals surface area contributed by atoms with Crippen molar-refractivity contribution in [1.82, 2.24) is 15.1 Å². The van der Waals surface area contributed by atoms with E-state index in [1.807, 2.05) is 12.1 Å². The Labute approximate surface area is 241 Å². The van der Waals surface area contributed by atoms with Gasteiger partial charge in [-0.2, -0.15) is 0 Å². The fourth-order valence-corrected chi connectivity index (χ4v) is 5.77. The van der Waals surface area contributed by atoms with Crippen molar-refractivity contribution in [2.45, 2.75) is 50.1 Å². The van der Waals surface area contributed by atoms with Crippen LogP contribution >= 0.6 is 12.4 Å². The summed E-state index contributed by atoms with van der Waals surface area (Å²) in [6, 6.07) is 16.3. The summed E-state index contributed by atoms with van der Waals surface area (Å²) < 4.78 is 5.34. The summed E-state index contributed by atoms with van der Waals surface area (Å²) in [5.74, 6) is -0.415. The Kier molecular flexibility index (Phi) is 10.5. The van der Waals surface area contributed by atoms with E-state index in [9.17, 15) is 19.7 Å². The first kappa shape index (κ1) is 30.8. The lowest BCUT2D eigenvalue weighted by Gasteiger charge is -2.45. The Morgan fingerprint density at radius 1 is 1.15 bits per heavy atom. The van der Waals surface area contributed by atoms with Crippen molar-refractivity contribution in [2.75, 3.05) is 27.2 Å². The van der Waals surface area contributed by atoms with E-state index in [4.69, 9.17) is 4.74 Å². The number of likely N-dealkylation sites (tertiary alicyclic amines) is 1. The molecule has 0 aliphatic carbocycles. The molecule has 0 bridgehead atoms. The fraction of sp³-hybridized carbons (Fsp3) is 0.400. The maximum atomic E-state index is 13.7. The average molecular weight is 569 g/mol. The SMILES string of the molecule is COC(=O)C(CC(C)N1CCC(c2ccccc2)CC1)(c1ccc([N+](=O)[O-])cc1)N(C)C(=O)C1=CNC=CC1.Cl. The van der Waals surface area contributed by atoms with E-state index in [-0.39, 0.29) is 36.5 Å². The summed E-state index contributed by atoms with van der Waals surface area (Å²) in [5.41, 5.74) is 0.743. The number of carbonyl (C=O) groups excluding carboxylic acids is 2. The van der Waals surface area contributed by atoms with Crippen LogP contribution in [0, 0.1) is 10.1 Å². The summed E-state index contributed by atoms with van der Waals surface area (Å²) in [6.45, 7) is 3.78. The van der Waals surface area contributed by atoms with Crippen LogP contribution in [-0.2, 0) is 19.9 Å². The van der Waals surface area contributed by atoms with Gasteiger partial charge in [-0.1, -0.05) is 36.4 Å². The lowest BCUT2D eigenvalue weighted by atomic mass is 9.80. The quantitative estimate of drug-likeness (QED) is 0.261. The molecule has 2 aromatic rings. The number of ether oxygens (including phenoxy) is 1. The lowest BCUT2D eigenvalue weighted by molar-refractivity contribution is -0.384. The normalized spacial score (nSPS) is 17.8. The number of esters is 1. The molecule has 1 fully saturated rings. The zero-order valence-corrected chi connectivity index (χ0v) is 23.9. The van der Waals surface area contributed by atoms with Crippen LogP contribution in [0.2, 0.25) is 0 Å². The van der Waals surface area contributed by atoms with Gasteiger partial charge in [0.2, 0.25) is 0 Å². The first-order valence-electron chi connectivity index (χ1n) is 13.3. The van der Waals surface area contributed by atoms with Gasteiger partial charge in [0, 0.05) is 43.4 Å². The number of rotatable bonds is 9. The summed E-state index contributed by atoms with van der Waals surface area (Å²) in [5, 5.41) is 14.3. The highest BCUT2D eigenvalue weighted by atomic mass is 35.5. The Morgan fingerprint density at radius 3 is 2.35 bits per heavy atom. The van der Waals surface area contributed by atoms with Gasteiger partial charge in [-0.25, -0.2) is 4.79 Å². The molecule has 1 saturated heterocycles. The summed E-state index contributed by atoms with van der Waals surface area (Å²) in [6.07, 6.45) is 7.92. The van der Waals surface area contributed by atoms with Crippen molar-refractivity contribution in [3.8, 4) is 0 Å². The molecule has 10 heteroatoms. The highest BCUT2D eigenvalue weighted by Gasteiger charge is 2.49. The van der Waals surface area contributed by atoms with Gasteiger partial charge in [-0.15, -0.1) is 12.4 Å². The number of nitro groups is 1. The monoisotopic (exact) mass is 568 g/mol. The Balaban J connectivity index is 0.00000441. The van der Waals surface area contributed by atoms with Gasteiger partial charge in [0.05, 0.1) is 12.0 Å². The third kappa shape index (κ3) is 6.37. The van der Waals surface area contributed by atoms with E-state index in [1.54, 1.807) is 31.6 Å². The lowest BCUT2D eigenvalue weighted by Crippen LogP contribution is -2.57. The molecule has 1 amide bonds. The highest BCUT2D eigenvalue weighted by molar-refractivity contribution is 5.98. The molecule has 40 heavy (non-hydrogen) atoms. The first-order valence-corrected chi connectivity index (χ1v) is 13.3. The Morgan fingerprint density at radius 2 is 1.80 bits per heavy atom. The fourth-order valence-electron chi connectivity index (χ4n) is 5.77. The maximum absolute atomic E-state index is 13.7. The van der Waals surface area contributed by atoms with Crippen molar-refractivity contribution in [1.29, 1.82) is 0 Å². The van der Waals surface area contributed by atoms with Gasteiger partial charge in [-0.05, 0) is 74.7 Å². The second-order valence-corrected chi connectivity index (χ2v) is 10.2. The minimum absolute atomic E-state index is 0. The smallest absolute Gasteiger partial charge is 0.336 e. The third-order valence-corrected chi connectivity index (χ3v) is 8.05. The number of dihydropyridines is 1. The molecule has 0 spiro atoms. The van der Waals surface area contributed by atoms with Crippen LogP contribution in [0.1, 0.15) is 49.7 Å². The van der Waals surface area contributed by atoms with Gasteiger partial charge in [-0.3, -0.25) is 14.9 Å². The molecule has 1 N–H and O–H groups in total. The van der Waals surface area contributed by atoms with Gasteiger partial charge < -0.3 is 19.9 Å². The number of amides is 1. The van der Waals surface area contributed by atoms with Crippen LogP contribution in [0.15, 0.2) is 78.6 Å². The number of nitro benzene ring substituents is 1. The van der Waals surface area contributed by atoms with Crippen molar-refractivity contribution >= 4 is 30.0 Å². The number of nitrogens with zero attached hydrogens (tertiary/aromatic N) is 3. The van der Waals surface area contributed by atoms with Crippen LogP contribution in [0.3, 0.4) is 0 Å². The number of non-ortho nitro benzene ring substituents is 1. The molecule has 2 aliphatic rings. The summed E-state index contributed by atoms with van der Waals surface area (Å²) >= 11 is 0. The number of methoxy groups -OCH3 is 1. The summed E-state index contributed by atoms with van der Waals surface area (Å²) in [4.78, 5) is 42.1. The number of carbonyl (C=O) groups is 2.